The minimum Gasteiger partial charge on any atom is -0.330 e. The van der Waals surface area contributed by atoms with Crippen LogP contribution in [-0.4, -0.2) is 26.2 Å². The number of carbonyl (C=O) groups excluding carboxylic acids is 1. The van der Waals surface area contributed by atoms with Crippen LogP contribution in [0.4, 0.5) is 0 Å². The summed E-state index contributed by atoms with van der Waals surface area (Å²) < 4.78 is 1.98. The number of rotatable bonds is 5. The van der Waals surface area contributed by atoms with Crippen molar-refractivity contribution in [3.63, 3.8) is 0 Å². The number of aromatic nitrogens is 2. The van der Waals surface area contributed by atoms with Crippen molar-refractivity contribution in [3.8, 4) is 0 Å². The lowest BCUT2D eigenvalue weighted by atomic mass is 10.0. The molecule has 1 saturated carbocycles. The van der Waals surface area contributed by atoms with Crippen molar-refractivity contribution in [2.45, 2.75) is 52.1 Å². The molecule has 1 fully saturated rings. The fourth-order valence-electron chi connectivity index (χ4n) is 3.36. The first kappa shape index (κ1) is 16.8. The molecule has 0 atom stereocenters. The second-order valence-electron chi connectivity index (χ2n) is 7.58. The summed E-state index contributed by atoms with van der Waals surface area (Å²) >= 11 is 0. The number of aryl methyl sites for hydroxylation is 1. The molecule has 4 nitrogen and oxygen atoms in total. The Labute approximate surface area is 154 Å². The molecule has 26 heavy (non-hydrogen) atoms. The number of carbonyl (C=O) groups is 1. The summed E-state index contributed by atoms with van der Waals surface area (Å²) in [5.74, 6) is 0.551. The lowest BCUT2D eigenvalue weighted by molar-refractivity contribution is 0.0724. The summed E-state index contributed by atoms with van der Waals surface area (Å²) in [6, 6.07) is 14.9. The van der Waals surface area contributed by atoms with Gasteiger partial charge in [0, 0.05) is 24.5 Å². The van der Waals surface area contributed by atoms with E-state index in [1.807, 2.05) is 40.6 Å². The maximum absolute atomic E-state index is 13.1. The van der Waals surface area contributed by atoms with Gasteiger partial charge in [-0.15, -0.1) is 0 Å². The highest BCUT2D eigenvalue weighted by Gasteiger charge is 2.34. The fraction of sp³-hybridized carbons (Fsp3) is 0.364. The molecule has 0 aliphatic heterocycles. The average molecular weight is 347 g/mol. The van der Waals surface area contributed by atoms with Gasteiger partial charge in [0.2, 0.25) is 0 Å². The summed E-state index contributed by atoms with van der Waals surface area (Å²) in [7, 11) is 0. The molecule has 1 aliphatic rings. The van der Waals surface area contributed by atoms with Crippen molar-refractivity contribution in [2.24, 2.45) is 0 Å². The molecule has 0 N–H and O–H groups in total. The molecule has 4 heteroatoms. The molecule has 2 aromatic heterocycles. The van der Waals surface area contributed by atoms with Crippen LogP contribution >= 0.6 is 0 Å². The quantitative estimate of drug-likeness (QED) is 0.678. The minimum absolute atomic E-state index is 0.0311. The molecule has 1 aromatic carbocycles. The van der Waals surface area contributed by atoms with Crippen LogP contribution in [0.2, 0.25) is 0 Å². The van der Waals surface area contributed by atoms with Crippen LogP contribution in [0.15, 0.2) is 48.7 Å². The van der Waals surface area contributed by atoms with Gasteiger partial charge in [-0.05, 0) is 48.9 Å². The monoisotopic (exact) mass is 347 g/mol. The zero-order valence-corrected chi connectivity index (χ0v) is 15.6. The smallest absolute Gasteiger partial charge is 0.274 e. The summed E-state index contributed by atoms with van der Waals surface area (Å²) in [5, 5.41) is 0. The lowest BCUT2D eigenvalue weighted by Crippen LogP contribution is -2.32. The lowest BCUT2D eigenvalue weighted by Gasteiger charge is -2.22. The van der Waals surface area contributed by atoms with Gasteiger partial charge >= 0.3 is 0 Å². The largest absolute Gasteiger partial charge is 0.330 e. The van der Waals surface area contributed by atoms with E-state index in [-0.39, 0.29) is 5.91 Å². The molecule has 0 spiro atoms. The van der Waals surface area contributed by atoms with Crippen molar-refractivity contribution in [1.82, 2.24) is 14.3 Å². The van der Waals surface area contributed by atoms with Gasteiger partial charge in [-0.25, -0.2) is 4.98 Å². The molecular weight excluding hydrogens is 322 g/mol. The molecule has 4 rings (SSSR count). The molecule has 0 bridgehead atoms. The number of imidazole rings is 1. The van der Waals surface area contributed by atoms with E-state index in [4.69, 9.17) is 0 Å². The standard InChI is InChI=1S/C22H25N3O/c1-15(2)18-9-7-17(8-10-18)13-25(19-11-12-19)22(26)20-14-24-16(3)5-4-6-21(24)23-20/h4-10,14-15,19H,11-13H2,1-3H3. The van der Waals surface area contributed by atoms with Crippen molar-refractivity contribution < 1.29 is 4.79 Å². The van der Waals surface area contributed by atoms with Crippen LogP contribution in [0.3, 0.4) is 0 Å². The molecule has 0 saturated heterocycles. The number of pyridine rings is 1. The van der Waals surface area contributed by atoms with E-state index in [2.05, 4.69) is 43.1 Å². The first-order valence-electron chi connectivity index (χ1n) is 9.37. The second-order valence-corrected chi connectivity index (χ2v) is 7.58. The Morgan fingerprint density at radius 1 is 1.19 bits per heavy atom. The Hall–Kier alpha value is -2.62. The van der Waals surface area contributed by atoms with Crippen LogP contribution in [0.1, 0.15) is 59.9 Å². The molecular formula is C22H25N3O. The van der Waals surface area contributed by atoms with Crippen LogP contribution in [0, 0.1) is 6.92 Å². The van der Waals surface area contributed by atoms with E-state index in [0.29, 0.717) is 24.2 Å². The average Bonchev–Trinajstić information content (AvgIpc) is 3.37. The Balaban J connectivity index is 1.59. The minimum atomic E-state index is 0.0311. The highest BCUT2D eigenvalue weighted by Crippen LogP contribution is 2.30. The van der Waals surface area contributed by atoms with Crippen LogP contribution < -0.4 is 0 Å². The Kier molecular flexibility index (Phi) is 4.27. The van der Waals surface area contributed by atoms with E-state index >= 15 is 0 Å². The number of fused-ring (bicyclic) bond motifs is 1. The maximum atomic E-state index is 13.1. The fourth-order valence-corrected chi connectivity index (χ4v) is 3.36. The first-order chi connectivity index (χ1) is 12.5. The maximum Gasteiger partial charge on any atom is 0.274 e. The molecule has 0 unspecified atom stereocenters. The van der Waals surface area contributed by atoms with Gasteiger partial charge in [0.15, 0.2) is 0 Å². The van der Waals surface area contributed by atoms with Gasteiger partial charge in [-0.3, -0.25) is 4.79 Å². The van der Waals surface area contributed by atoms with Gasteiger partial charge in [0.1, 0.15) is 11.3 Å². The predicted molar refractivity (Wildman–Crippen MR) is 103 cm³/mol. The van der Waals surface area contributed by atoms with Gasteiger partial charge in [0.25, 0.3) is 5.91 Å². The van der Waals surface area contributed by atoms with Gasteiger partial charge < -0.3 is 9.30 Å². The number of nitrogens with zero attached hydrogens (tertiary/aromatic N) is 3. The van der Waals surface area contributed by atoms with Crippen LogP contribution in [-0.2, 0) is 6.54 Å². The molecule has 1 aliphatic carbocycles. The zero-order chi connectivity index (χ0) is 18.3. The topological polar surface area (TPSA) is 37.6 Å². The molecule has 3 aromatic rings. The van der Waals surface area contributed by atoms with E-state index < -0.39 is 0 Å². The summed E-state index contributed by atoms with van der Waals surface area (Å²) in [6.07, 6.45) is 4.04. The summed E-state index contributed by atoms with van der Waals surface area (Å²) in [5.41, 5.74) is 4.94. The zero-order valence-electron chi connectivity index (χ0n) is 15.6. The number of benzene rings is 1. The Bertz CT molecular complexity index is 936. The van der Waals surface area contributed by atoms with E-state index in [9.17, 15) is 4.79 Å². The second kappa shape index (κ2) is 6.60. The van der Waals surface area contributed by atoms with Crippen LogP contribution in [0.25, 0.3) is 5.65 Å². The third-order valence-electron chi connectivity index (χ3n) is 5.16. The first-order valence-corrected chi connectivity index (χ1v) is 9.37. The van der Waals surface area contributed by atoms with E-state index in [0.717, 1.165) is 24.2 Å². The third kappa shape index (κ3) is 3.24. The summed E-state index contributed by atoms with van der Waals surface area (Å²) in [4.78, 5) is 19.7. The van der Waals surface area contributed by atoms with Gasteiger partial charge in [-0.1, -0.05) is 44.2 Å². The van der Waals surface area contributed by atoms with Crippen molar-refractivity contribution in [3.05, 3.63) is 71.2 Å². The number of amides is 1. The van der Waals surface area contributed by atoms with Crippen LogP contribution in [0.5, 0.6) is 0 Å². The number of hydrogen-bond donors (Lipinski definition) is 0. The molecule has 2 heterocycles. The van der Waals surface area contributed by atoms with E-state index in [1.54, 1.807) is 0 Å². The molecule has 1 amide bonds. The Morgan fingerprint density at radius 2 is 1.92 bits per heavy atom. The van der Waals surface area contributed by atoms with Gasteiger partial charge in [0.05, 0.1) is 0 Å². The highest BCUT2D eigenvalue weighted by molar-refractivity contribution is 5.93. The highest BCUT2D eigenvalue weighted by atomic mass is 16.2. The predicted octanol–water partition coefficient (Wildman–Crippen LogP) is 4.57. The van der Waals surface area contributed by atoms with Crippen molar-refractivity contribution in [1.29, 1.82) is 0 Å². The third-order valence-corrected chi connectivity index (χ3v) is 5.16. The molecule has 134 valence electrons. The molecule has 0 radical (unpaired) electrons. The Morgan fingerprint density at radius 3 is 2.54 bits per heavy atom. The van der Waals surface area contributed by atoms with Gasteiger partial charge in [-0.2, -0.15) is 0 Å². The normalized spacial score (nSPS) is 14.2. The number of hydrogen-bond acceptors (Lipinski definition) is 2. The van der Waals surface area contributed by atoms with E-state index in [1.165, 1.54) is 11.1 Å². The SMILES string of the molecule is Cc1cccc2nc(C(=O)N(Cc3ccc(C(C)C)cc3)C3CC3)cn12. The van der Waals surface area contributed by atoms with Crippen molar-refractivity contribution in [2.75, 3.05) is 0 Å². The summed E-state index contributed by atoms with van der Waals surface area (Å²) in [6.45, 7) is 7.06. The van der Waals surface area contributed by atoms with Crippen molar-refractivity contribution >= 4 is 11.6 Å².